The summed E-state index contributed by atoms with van der Waals surface area (Å²) < 4.78 is 25.4. The second-order valence-electron chi connectivity index (χ2n) is 3.29. The van der Waals surface area contributed by atoms with Gasteiger partial charge in [-0.25, -0.2) is 13.1 Å². The molecular formula is C8H15NO3S. The Morgan fingerprint density at radius 1 is 1.54 bits per heavy atom. The van der Waals surface area contributed by atoms with Crippen molar-refractivity contribution in [2.24, 2.45) is 0 Å². The van der Waals surface area contributed by atoms with Crippen LogP contribution in [-0.2, 0) is 14.8 Å². The summed E-state index contributed by atoms with van der Waals surface area (Å²) in [4.78, 5) is 11.2. The van der Waals surface area contributed by atoms with Gasteiger partial charge in [-0.2, -0.15) is 0 Å². The van der Waals surface area contributed by atoms with E-state index in [-0.39, 0.29) is 5.78 Å². The molecule has 1 saturated carbocycles. The van der Waals surface area contributed by atoms with Gasteiger partial charge in [-0.1, -0.05) is 6.92 Å². The molecule has 5 heteroatoms. The number of sulfonamides is 1. The quantitative estimate of drug-likeness (QED) is 0.724. The molecule has 1 atom stereocenters. The third-order valence-electron chi connectivity index (χ3n) is 2.18. The number of carbonyl (C=O) groups excluding carboxylic acids is 1. The lowest BCUT2D eigenvalue weighted by Gasteiger charge is -2.10. The second kappa shape index (κ2) is 4.19. The van der Waals surface area contributed by atoms with Gasteiger partial charge in [-0.3, -0.25) is 4.79 Å². The summed E-state index contributed by atoms with van der Waals surface area (Å²) in [6, 6.07) is 0. The van der Waals surface area contributed by atoms with Gasteiger partial charge in [0.25, 0.3) is 0 Å². The Morgan fingerprint density at radius 3 is 2.69 bits per heavy atom. The molecule has 76 valence electrons. The Hall–Kier alpha value is -0.420. The highest BCUT2D eigenvalue weighted by Gasteiger charge is 2.35. The Morgan fingerprint density at radius 2 is 2.23 bits per heavy atom. The highest BCUT2D eigenvalue weighted by atomic mass is 32.2. The number of Topliss-reactive ketones (excluding diaryl/α,β-unsaturated/α-hetero) is 1. The van der Waals surface area contributed by atoms with Crippen LogP contribution in [0.25, 0.3) is 0 Å². The zero-order chi connectivity index (χ0) is 9.90. The van der Waals surface area contributed by atoms with E-state index < -0.39 is 15.3 Å². The van der Waals surface area contributed by atoms with Gasteiger partial charge < -0.3 is 0 Å². The lowest BCUT2D eigenvalue weighted by atomic mass is 10.3. The van der Waals surface area contributed by atoms with Crippen molar-refractivity contribution in [2.45, 2.75) is 37.9 Å². The van der Waals surface area contributed by atoms with E-state index in [9.17, 15) is 13.2 Å². The topological polar surface area (TPSA) is 63.2 Å². The number of hydrogen-bond donors (Lipinski definition) is 1. The fourth-order valence-electron chi connectivity index (χ4n) is 1.46. The molecular weight excluding hydrogens is 190 g/mol. The van der Waals surface area contributed by atoms with Gasteiger partial charge in [0.1, 0.15) is 5.25 Å². The van der Waals surface area contributed by atoms with Gasteiger partial charge in [0.15, 0.2) is 5.78 Å². The molecule has 1 fully saturated rings. The average Bonchev–Trinajstić information content (AvgIpc) is 2.48. The zero-order valence-electron chi connectivity index (χ0n) is 7.75. The first-order chi connectivity index (χ1) is 6.08. The standard InChI is InChI=1S/C8H15NO3S/c1-2-6-9-13(11,12)8-5-3-4-7(8)10/h8-9H,2-6H2,1H3. The minimum absolute atomic E-state index is 0.136. The summed E-state index contributed by atoms with van der Waals surface area (Å²) in [5.74, 6) is -0.136. The van der Waals surface area contributed by atoms with E-state index in [2.05, 4.69) is 4.72 Å². The Bertz CT molecular complexity index is 284. The molecule has 0 amide bonds. The van der Waals surface area contributed by atoms with Crippen molar-refractivity contribution in [1.29, 1.82) is 0 Å². The maximum Gasteiger partial charge on any atom is 0.221 e. The molecule has 0 aromatic carbocycles. The summed E-state index contributed by atoms with van der Waals surface area (Å²) in [6.07, 6.45) is 2.35. The van der Waals surface area contributed by atoms with Crippen molar-refractivity contribution in [2.75, 3.05) is 6.54 Å². The maximum atomic E-state index is 11.5. The van der Waals surface area contributed by atoms with Crippen LogP contribution in [0.15, 0.2) is 0 Å². The van der Waals surface area contributed by atoms with Crippen LogP contribution in [0.5, 0.6) is 0 Å². The fraction of sp³-hybridized carbons (Fsp3) is 0.875. The normalized spacial score (nSPS) is 23.8. The van der Waals surface area contributed by atoms with Crippen LogP contribution in [0.2, 0.25) is 0 Å². The van der Waals surface area contributed by atoms with Gasteiger partial charge >= 0.3 is 0 Å². The predicted molar refractivity (Wildman–Crippen MR) is 49.9 cm³/mol. The lowest BCUT2D eigenvalue weighted by molar-refractivity contribution is -0.117. The Kier molecular flexibility index (Phi) is 3.44. The molecule has 1 aliphatic carbocycles. The van der Waals surface area contributed by atoms with Crippen molar-refractivity contribution in [1.82, 2.24) is 4.72 Å². The molecule has 0 saturated heterocycles. The third kappa shape index (κ3) is 2.51. The summed E-state index contributed by atoms with van der Waals surface area (Å²) >= 11 is 0. The first-order valence-electron chi connectivity index (χ1n) is 4.59. The first-order valence-corrected chi connectivity index (χ1v) is 6.13. The number of nitrogens with one attached hydrogen (secondary N) is 1. The van der Waals surface area contributed by atoms with E-state index >= 15 is 0 Å². The van der Waals surface area contributed by atoms with Crippen LogP contribution in [0.3, 0.4) is 0 Å². The number of rotatable bonds is 4. The monoisotopic (exact) mass is 205 g/mol. The molecule has 1 rings (SSSR count). The van der Waals surface area contributed by atoms with Crippen LogP contribution < -0.4 is 4.72 Å². The minimum atomic E-state index is -3.37. The molecule has 0 spiro atoms. The van der Waals surface area contributed by atoms with Crippen LogP contribution in [0.1, 0.15) is 32.6 Å². The van der Waals surface area contributed by atoms with Gasteiger partial charge in [0.2, 0.25) is 10.0 Å². The lowest BCUT2D eigenvalue weighted by Crippen LogP contribution is -2.37. The summed E-state index contributed by atoms with van der Waals surface area (Å²) in [7, 11) is -3.37. The third-order valence-corrected chi connectivity index (χ3v) is 4.03. The Labute approximate surface area is 78.8 Å². The molecule has 13 heavy (non-hydrogen) atoms. The van der Waals surface area contributed by atoms with Gasteiger partial charge in [0, 0.05) is 13.0 Å². The fourth-order valence-corrected chi connectivity index (χ4v) is 3.09. The SMILES string of the molecule is CCCNS(=O)(=O)C1CCCC1=O. The minimum Gasteiger partial charge on any atom is -0.298 e. The van der Waals surface area contributed by atoms with Crippen LogP contribution in [0.4, 0.5) is 0 Å². The van der Waals surface area contributed by atoms with Gasteiger partial charge in [0.05, 0.1) is 0 Å². The molecule has 1 N–H and O–H groups in total. The predicted octanol–water partition coefficient (Wildman–Crippen LogP) is 0.437. The van der Waals surface area contributed by atoms with Crippen molar-refractivity contribution in [3.63, 3.8) is 0 Å². The molecule has 0 radical (unpaired) electrons. The van der Waals surface area contributed by atoms with Crippen molar-refractivity contribution < 1.29 is 13.2 Å². The molecule has 0 aromatic rings. The highest BCUT2D eigenvalue weighted by molar-refractivity contribution is 7.90. The first kappa shape index (κ1) is 10.7. The zero-order valence-corrected chi connectivity index (χ0v) is 8.56. The molecule has 1 aliphatic rings. The van der Waals surface area contributed by atoms with E-state index in [1.54, 1.807) is 0 Å². The molecule has 1 unspecified atom stereocenters. The largest absolute Gasteiger partial charge is 0.298 e. The molecule has 0 heterocycles. The molecule has 0 bridgehead atoms. The van der Waals surface area contributed by atoms with E-state index in [1.165, 1.54) is 0 Å². The summed E-state index contributed by atoms with van der Waals surface area (Å²) in [5, 5.41) is -0.779. The van der Waals surface area contributed by atoms with Crippen molar-refractivity contribution in [3.05, 3.63) is 0 Å². The van der Waals surface area contributed by atoms with Crippen molar-refractivity contribution >= 4 is 15.8 Å². The summed E-state index contributed by atoms with van der Waals surface area (Å²) in [6.45, 7) is 2.31. The molecule has 0 aromatic heterocycles. The molecule has 0 aliphatic heterocycles. The number of hydrogen-bond acceptors (Lipinski definition) is 3. The van der Waals surface area contributed by atoms with E-state index in [0.29, 0.717) is 25.8 Å². The second-order valence-corrected chi connectivity index (χ2v) is 5.23. The average molecular weight is 205 g/mol. The van der Waals surface area contributed by atoms with Crippen LogP contribution in [0, 0.1) is 0 Å². The van der Waals surface area contributed by atoms with E-state index in [1.807, 2.05) is 6.92 Å². The van der Waals surface area contributed by atoms with Gasteiger partial charge in [-0.05, 0) is 19.3 Å². The van der Waals surface area contributed by atoms with Crippen LogP contribution >= 0.6 is 0 Å². The highest BCUT2D eigenvalue weighted by Crippen LogP contribution is 2.20. The van der Waals surface area contributed by atoms with Crippen molar-refractivity contribution in [3.8, 4) is 0 Å². The smallest absolute Gasteiger partial charge is 0.221 e. The van der Waals surface area contributed by atoms with E-state index in [0.717, 1.165) is 6.42 Å². The van der Waals surface area contributed by atoms with E-state index in [4.69, 9.17) is 0 Å². The summed E-state index contributed by atoms with van der Waals surface area (Å²) in [5.41, 5.74) is 0. The maximum absolute atomic E-state index is 11.5. The number of ketones is 1. The molecule has 4 nitrogen and oxygen atoms in total. The number of carbonyl (C=O) groups is 1. The Balaban J connectivity index is 2.63. The van der Waals surface area contributed by atoms with Crippen LogP contribution in [-0.4, -0.2) is 26.0 Å². The van der Waals surface area contributed by atoms with Gasteiger partial charge in [-0.15, -0.1) is 0 Å².